The Kier molecular flexibility index (Phi) is 10.1. The van der Waals surface area contributed by atoms with Crippen molar-refractivity contribution in [1.82, 2.24) is 16.0 Å². The van der Waals surface area contributed by atoms with E-state index in [-0.39, 0.29) is 18.1 Å². The van der Waals surface area contributed by atoms with Crippen LogP contribution in [0.2, 0.25) is 0 Å². The van der Waals surface area contributed by atoms with Crippen LogP contribution in [0.25, 0.3) is 0 Å². The van der Waals surface area contributed by atoms with Crippen molar-refractivity contribution in [2.45, 2.75) is 44.8 Å². The zero-order valence-corrected chi connectivity index (χ0v) is 17.8. The number of primary amides is 1. The van der Waals surface area contributed by atoms with Gasteiger partial charge in [-0.1, -0.05) is 26.0 Å². The minimum Gasteiger partial charge on any atom is -0.508 e. The third kappa shape index (κ3) is 9.00. The second kappa shape index (κ2) is 12.2. The Morgan fingerprint density at radius 1 is 1.00 bits per heavy atom. The molecule has 0 saturated carbocycles. The molecule has 0 spiro atoms. The standard InChI is InChI=1S/C20H29N5O7/c1-10(2)17(20(31)32)25-16(28)9-23-19(30)14(7-11-3-5-12(26)6-4-11)24-18(29)13(21)8-15(22)27/h3-6,10,13-14,17,26H,7-9,21H2,1-2H3,(H2,22,27)(H,23,30)(H,24,29)(H,25,28)(H,31,32). The monoisotopic (exact) mass is 451 g/mol. The van der Waals surface area contributed by atoms with E-state index in [1.165, 1.54) is 24.3 Å². The molecule has 0 radical (unpaired) electrons. The smallest absolute Gasteiger partial charge is 0.326 e. The number of hydrogen-bond acceptors (Lipinski definition) is 7. The van der Waals surface area contributed by atoms with Gasteiger partial charge in [0, 0.05) is 6.42 Å². The highest BCUT2D eigenvalue weighted by molar-refractivity contribution is 5.94. The summed E-state index contributed by atoms with van der Waals surface area (Å²) >= 11 is 0. The molecule has 12 nitrogen and oxygen atoms in total. The number of phenols is 1. The van der Waals surface area contributed by atoms with Gasteiger partial charge in [-0.25, -0.2) is 4.79 Å². The third-order valence-electron chi connectivity index (χ3n) is 4.44. The Labute approximate surface area is 184 Å². The van der Waals surface area contributed by atoms with Gasteiger partial charge in [-0.2, -0.15) is 0 Å². The van der Waals surface area contributed by atoms with Crippen molar-refractivity contribution in [2.75, 3.05) is 6.54 Å². The van der Waals surface area contributed by atoms with Crippen molar-refractivity contribution < 1.29 is 34.2 Å². The summed E-state index contributed by atoms with van der Waals surface area (Å²) in [6, 6.07) is 2.31. The van der Waals surface area contributed by atoms with Crippen LogP contribution in [-0.4, -0.2) is 64.5 Å². The van der Waals surface area contributed by atoms with Crippen molar-refractivity contribution in [2.24, 2.45) is 17.4 Å². The molecular weight excluding hydrogens is 422 g/mol. The van der Waals surface area contributed by atoms with Crippen LogP contribution in [-0.2, 0) is 30.4 Å². The van der Waals surface area contributed by atoms with Crippen LogP contribution in [0.1, 0.15) is 25.8 Å². The fraction of sp³-hybridized carbons (Fsp3) is 0.450. The van der Waals surface area contributed by atoms with Gasteiger partial charge in [0.2, 0.25) is 23.6 Å². The highest BCUT2D eigenvalue weighted by Gasteiger charge is 2.27. The lowest BCUT2D eigenvalue weighted by Crippen LogP contribution is -2.55. The molecule has 9 N–H and O–H groups in total. The lowest BCUT2D eigenvalue weighted by molar-refractivity contribution is -0.143. The number of amides is 4. The van der Waals surface area contributed by atoms with E-state index in [1.54, 1.807) is 13.8 Å². The summed E-state index contributed by atoms with van der Waals surface area (Å²) in [7, 11) is 0. The van der Waals surface area contributed by atoms with Crippen LogP contribution in [0, 0.1) is 5.92 Å². The molecule has 1 aromatic carbocycles. The predicted molar refractivity (Wildman–Crippen MR) is 113 cm³/mol. The predicted octanol–water partition coefficient (Wildman–Crippen LogP) is -2.04. The number of aliphatic carboxylic acids is 1. The van der Waals surface area contributed by atoms with Crippen LogP contribution in [0.15, 0.2) is 24.3 Å². The summed E-state index contributed by atoms with van der Waals surface area (Å²) in [6.45, 7) is 2.72. The molecule has 0 aromatic heterocycles. The lowest BCUT2D eigenvalue weighted by atomic mass is 10.0. The summed E-state index contributed by atoms with van der Waals surface area (Å²) < 4.78 is 0. The number of hydrogen-bond donors (Lipinski definition) is 7. The SMILES string of the molecule is CC(C)C(NC(=O)CNC(=O)C(Cc1ccc(O)cc1)NC(=O)C(N)CC(N)=O)C(=O)O. The first-order chi connectivity index (χ1) is 14.9. The second-order valence-electron chi connectivity index (χ2n) is 7.55. The summed E-state index contributed by atoms with van der Waals surface area (Å²) in [4.78, 5) is 59.2. The Morgan fingerprint density at radius 2 is 1.59 bits per heavy atom. The van der Waals surface area contributed by atoms with Crippen LogP contribution in [0.3, 0.4) is 0 Å². The zero-order chi connectivity index (χ0) is 24.4. The van der Waals surface area contributed by atoms with Gasteiger partial charge >= 0.3 is 5.97 Å². The molecule has 32 heavy (non-hydrogen) atoms. The van der Waals surface area contributed by atoms with E-state index in [0.29, 0.717) is 5.56 Å². The minimum atomic E-state index is -1.27. The number of nitrogens with one attached hydrogen (secondary N) is 3. The number of benzene rings is 1. The quantitative estimate of drug-likeness (QED) is 0.187. The molecular formula is C20H29N5O7. The highest BCUT2D eigenvalue weighted by Crippen LogP contribution is 2.11. The largest absolute Gasteiger partial charge is 0.508 e. The van der Waals surface area contributed by atoms with Crippen LogP contribution < -0.4 is 27.4 Å². The molecule has 0 aliphatic carbocycles. The van der Waals surface area contributed by atoms with E-state index < -0.39 is 60.7 Å². The van der Waals surface area contributed by atoms with E-state index in [4.69, 9.17) is 16.6 Å². The Bertz CT molecular complexity index is 841. The number of nitrogens with two attached hydrogens (primary N) is 2. The normalized spacial score (nSPS) is 13.5. The zero-order valence-electron chi connectivity index (χ0n) is 17.8. The van der Waals surface area contributed by atoms with Gasteiger partial charge in [-0.05, 0) is 23.6 Å². The molecule has 1 aromatic rings. The summed E-state index contributed by atoms with van der Waals surface area (Å²) in [5, 5.41) is 25.6. The fourth-order valence-corrected chi connectivity index (χ4v) is 2.69. The third-order valence-corrected chi connectivity index (χ3v) is 4.44. The van der Waals surface area contributed by atoms with Gasteiger partial charge in [0.25, 0.3) is 0 Å². The van der Waals surface area contributed by atoms with E-state index in [2.05, 4.69) is 16.0 Å². The van der Waals surface area contributed by atoms with Crippen molar-refractivity contribution in [3.63, 3.8) is 0 Å². The fourth-order valence-electron chi connectivity index (χ4n) is 2.69. The van der Waals surface area contributed by atoms with Gasteiger partial charge in [0.15, 0.2) is 0 Å². The van der Waals surface area contributed by atoms with Gasteiger partial charge in [0.05, 0.1) is 19.0 Å². The van der Waals surface area contributed by atoms with E-state index in [9.17, 15) is 29.1 Å². The topological polar surface area (TPSA) is 214 Å². The molecule has 1 rings (SSSR count). The molecule has 4 amide bonds. The second-order valence-corrected chi connectivity index (χ2v) is 7.55. The summed E-state index contributed by atoms with van der Waals surface area (Å²) in [6.07, 6.45) is -0.430. The molecule has 0 aliphatic rings. The molecule has 176 valence electrons. The van der Waals surface area contributed by atoms with Gasteiger partial charge in [0.1, 0.15) is 17.8 Å². The Morgan fingerprint density at radius 3 is 2.09 bits per heavy atom. The summed E-state index contributed by atoms with van der Waals surface area (Å²) in [5.74, 6) is -4.61. The number of phenolic OH excluding ortho intramolecular Hbond substituents is 1. The van der Waals surface area contributed by atoms with Crippen molar-refractivity contribution in [3.05, 3.63) is 29.8 Å². The first-order valence-electron chi connectivity index (χ1n) is 9.82. The number of aromatic hydroxyl groups is 1. The first-order valence-corrected chi connectivity index (χ1v) is 9.82. The maximum absolute atomic E-state index is 12.6. The maximum Gasteiger partial charge on any atom is 0.326 e. The minimum absolute atomic E-state index is 0.00743. The molecule has 0 saturated heterocycles. The Balaban J connectivity index is 2.85. The number of carboxylic acids is 1. The average molecular weight is 451 g/mol. The van der Waals surface area contributed by atoms with E-state index in [0.717, 1.165) is 0 Å². The molecule has 0 aliphatic heterocycles. The van der Waals surface area contributed by atoms with Gasteiger partial charge < -0.3 is 37.6 Å². The van der Waals surface area contributed by atoms with Gasteiger partial charge in [-0.15, -0.1) is 0 Å². The molecule has 3 unspecified atom stereocenters. The summed E-state index contributed by atoms with van der Waals surface area (Å²) in [5.41, 5.74) is 11.2. The number of carbonyl (C=O) groups excluding carboxylic acids is 4. The van der Waals surface area contributed by atoms with Crippen LogP contribution in [0.5, 0.6) is 5.75 Å². The van der Waals surface area contributed by atoms with Gasteiger partial charge in [-0.3, -0.25) is 19.2 Å². The molecule has 12 heteroatoms. The maximum atomic E-state index is 12.6. The van der Waals surface area contributed by atoms with Crippen LogP contribution in [0.4, 0.5) is 0 Å². The lowest BCUT2D eigenvalue weighted by Gasteiger charge is -2.21. The number of rotatable bonds is 12. The van der Waals surface area contributed by atoms with Crippen LogP contribution >= 0.6 is 0 Å². The molecule has 0 heterocycles. The van der Waals surface area contributed by atoms with E-state index >= 15 is 0 Å². The highest BCUT2D eigenvalue weighted by atomic mass is 16.4. The average Bonchev–Trinajstić information content (AvgIpc) is 2.70. The molecule has 0 fully saturated rings. The molecule has 0 bridgehead atoms. The number of carboxylic acid groups (broad SMARTS) is 1. The Hall–Kier alpha value is -3.67. The van der Waals surface area contributed by atoms with Crippen molar-refractivity contribution >= 4 is 29.6 Å². The molecule has 3 atom stereocenters. The van der Waals surface area contributed by atoms with Crippen molar-refractivity contribution in [1.29, 1.82) is 0 Å². The van der Waals surface area contributed by atoms with E-state index in [1.807, 2.05) is 0 Å². The first kappa shape index (κ1) is 26.4. The van der Waals surface area contributed by atoms with Crippen molar-refractivity contribution in [3.8, 4) is 5.75 Å². The number of carbonyl (C=O) groups is 5.